The first-order valence-electron chi connectivity index (χ1n) is 8.33. The van der Waals surface area contributed by atoms with Crippen molar-refractivity contribution in [3.05, 3.63) is 39.9 Å². The van der Waals surface area contributed by atoms with Crippen LogP contribution < -0.4 is 0 Å². The molecule has 2 saturated heterocycles. The Labute approximate surface area is 155 Å². The summed E-state index contributed by atoms with van der Waals surface area (Å²) in [5.74, 6) is 0.318. The highest BCUT2D eigenvalue weighted by atomic mass is 32.2. The van der Waals surface area contributed by atoms with Crippen LogP contribution in [-0.4, -0.2) is 58.5 Å². The lowest BCUT2D eigenvalue weighted by molar-refractivity contribution is -0.384. The maximum Gasteiger partial charge on any atom is 0.330 e. The van der Waals surface area contributed by atoms with Gasteiger partial charge < -0.3 is 14.4 Å². The average molecular weight is 380 g/mol. The number of amides is 1. The lowest BCUT2D eigenvalue weighted by Crippen LogP contribution is -2.55. The number of hydrogen-bond acceptors (Lipinski definition) is 7. The molecule has 0 aromatic heterocycles. The van der Waals surface area contributed by atoms with Crippen molar-refractivity contribution in [2.75, 3.05) is 19.5 Å². The van der Waals surface area contributed by atoms with Crippen molar-refractivity contribution in [1.29, 1.82) is 0 Å². The first-order valence-corrected chi connectivity index (χ1v) is 9.38. The number of benzene rings is 1. The number of nitrogens with zero attached hydrogens (tertiary/aromatic N) is 2. The van der Waals surface area contributed by atoms with Crippen LogP contribution in [0.1, 0.15) is 18.4 Å². The Hall–Kier alpha value is -2.13. The zero-order valence-electron chi connectivity index (χ0n) is 14.3. The molecule has 1 amide bonds. The lowest BCUT2D eigenvalue weighted by atomic mass is 10.0. The number of β-lactam (4-membered cyclic amide) rings is 1. The van der Waals surface area contributed by atoms with Crippen LogP contribution in [0, 0.1) is 10.1 Å². The number of carbonyl (C=O) groups excluding carboxylic acids is 2. The van der Waals surface area contributed by atoms with Crippen LogP contribution in [0.25, 0.3) is 0 Å². The Morgan fingerprint density at radius 2 is 2.12 bits per heavy atom. The summed E-state index contributed by atoms with van der Waals surface area (Å²) in [6.07, 6.45) is 1.28. The fourth-order valence-electron chi connectivity index (χ4n) is 3.31. The second-order valence-electron chi connectivity index (χ2n) is 6.27. The zero-order valence-corrected chi connectivity index (χ0v) is 15.1. The highest BCUT2D eigenvalue weighted by molar-refractivity contribution is 8.00. The predicted octanol–water partition coefficient (Wildman–Crippen LogP) is 1.76. The number of esters is 1. The Morgan fingerprint density at radius 1 is 1.38 bits per heavy atom. The number of ether oxygens (including phenoxy) is 2. The van der Waals surface area contributed by atoms with E-state index in [4.69, 9.17) is 9.47 Å². The van der Waals surface area contributed by atoms with Crippen LogP contribution >= 0.6 is 11.8 Å². The molecule has 140 valence electrons. The van der Waals surface area contributed by atoms with Crippen molar-refractivity contribution in [3.63, 3.8) is 0 Å². The number of rotatable bonds is 8. The number of fused-ring (bicyclic) bond motifs is 1. The van der Waals surface area contributed by atoms with Crippen LogP contribution in [0.3, 0.4) is 0 Å². The molecule has 1 aromatic rings. The summed E-state index contributed by atoms with van der Waals surface area (Å²) in [4.78, 5) is 36.3. The molecule has 0 aliphatic carbocycles. The topological polar surface area (TPSA) is 99.0 Å². The van der Waals surface area contributed by atoms with Crippen LogP contribution in [0.5, 0.6) is 0 Å². The molecule has 2 heterocycles. The molecule has 0 saturated carbocycles. The standard InChI is InChI=1S/C17H20N2O6S/c1-24-6-7-26-14-8-13-9-15(20)18(13)16(14)17(21)25-10-11-2-4-12(5-3-11)19(22)23/h2-5,13-14,16H,6-10H2,1H3/t13?,14-,16+/m0/s1. The number of non-ortho nitro benzene ring substituents is 1. The second kappa shape index (κ2) is 8.05. The largest absolute Gasteiger partial charge is 0.459 e. The second-order valence-corrected chi connectivity index (χ2v) is 7.62. The van der Waals surface area contributed by atoms with Gasteiger partial charge in [0.25, 0.3) is 5.69 Å². The van der Waals surface area contributed by atoms with Gasteiger partial charge in [-0.25, -0.2) is 4.79 Å². The molecule has 3 rings (SSSR count). The fourth-order valence-corrected chi connectivity index (χ4v) is 4.66. The minimum atomic E-state index is -0.568. The Morgan fingerprint density at radius 3 is 2.73 bits per heavy atom. The van der Waals surface area contributed by atoms with Crippen molar-refractivity contribution in [2.24, 2.45) is 0 Å². The summed E-state index contributed by atoms with van der Waals surface area (Å²) in [7, 11) is 1.63. The molecule has 0 spiro atoms. The Balaban J connectivity index is 1.60. The predicted molar refractivity (Wildman–Crippen MR) is 94.7 cm³/mol. The van der Waals surface area contributed by atoms with Crippen molar-refractivity contribution >= 4 is 29.3 Å². The van der Waals surface area contributed by atoms with Gasteiger partial charge in [-0.1, -0.05) is 0 Å². The third kappa shape index (κ3) is 3.83. The molecule has 1 aromatic carbocycles. The van der Waals surface area contributed by atoms with Crippen LogP contribution in [-0.2, 0) is 25.7 Å². The molecule has 2 fully saturated rings. The van der Waals surface area contributed by atoms with E-state index >= 15 is 0 Å². The van der Waals surface area contributed by atoms with E-state index < -0.39 is 16.9 Å². The van der Waals surface area contributed by atoms with Gasteiger partial charge in [0.05, 0.1) is 11.5 Å². The highest BCUT2D eigenvalue weighted by Gasteiger charge is 2.54. The van der Waals surface area contributed by atoms with Crippen LogP contribution in [0.2, 0.25) is 0 Å². The van der Waals surface area contributed by atoms with E-state index in [1.807, 2.05) is 0 Å². The summed E-state index contributed by atoms with van der Waals surface area (Å²) in [5, 5.41) is 10.7. The number of nitro groups is 1. The summed E-state index contributed by atoms with van der Waals surface area (Å²) >= 11 is 1.63. The third-order valence-electron chi connectivity index (χ3n) is 4.64. The Bertz CT molecular complexity index is 695. The van der Waals surface area contributed by atoms with E-state index in [9.17, 15) is 19.7 Å². The molecule has 1 unspecified atom stereocenters. The zero-order chi connectivity index (χ0) is 18.7. The number of methoxy groups -OCH3 is 1. The maximum atomic E-state index is 12.6. The fraction of sp³-hybridized carbons (Fsp3) is 0.529. The van der Waals surface area contributed by atoms with E-state index in [0.717, 1.165) is 12.2 Å². The van der Waals surface area contributed by atoms with Gasteiger partial charge in [-0.05, 0) is 24.1 Å². The number of hydrogen-bond donors (Lipinski definition) is 0. The molecule has 26 heavy (non-hydrogen) atoms. The van der Waals surface area contributed by atoms with E-state index in [1.165, 1.54) is 12.1 Å². The van der Waals surface area contributed by atoms with Gasteiger partial charge in [-0.3, -0.25) is 14.9 Å². The van der Waals surface area contributed by atoms with Crippen LogP contribution in [0.15, 0.2) is 24.3 Å². The van der Waals surface area contributed by atoms with E-state index in [-0.39, 0.29) is 29.5 Å². The van der Waals surface area contributed by atoms with Gasteiger partial charge >= 0.3 is 5.97 Å². The molecule has 9 heteroatoms. The summed E-state index contributed by atoms with van der Waals surface area (Å²) in [6, 6.07) is 5.42. The summed E-state index contributed by atoms with van der Waals surface area (Å²) < 4.78 is 10.5. The normalized spacial score (nSPS) is 24.1. The first kappa shape index (κ1) is 18.7. The monoisotopic (exact) mass is 380 g/mol. The summed E-state index contributed by atoms with van der Waals surface area (Å²) in [5.41, 5.74) is 0.650. The quantitative estimate of drug-likeness (QED) is 0.223. The van der Waals surface area contributed by atoms with Gasteiger partial charge in [0.15, 0.2) is 0 Å². The van der Waals surface area contributed by atoms with Crippen molar-refractivity contribution in [2.45, 2.75) is 36.8 Å². The van der Waals surface area contributed by atoms with Gasteiger partial charge in [0, 0.05) is 42.7 Å². The molecule has 2 aliphatic heterocycles. The summed E-state index contributed by atoms with van der Waals surface area (Å²) in [6.45, 7) is 0.611. The number of nitro benzene ring substituents is 1. The van der Waals surface area contributed by atoms with Crippen molar-refractivity contribution < 1.29 is 24.0 Å². The molecule has 2 aliphatic rings. The van der Waals surface area contributed by atoms with E-state index in [1.54, 1.807) is 35.9 Å². The lowest BCUT2D eigenvalue weighted by Gasteiger charge is -2.37. The number of thioether (sulfide) groups is 1. The van der Waals surface area contributed by atoms with Crippen molar-refractivity contribution in [3.8, 4) is 0 Å². The molecule has 0 N–H and O–H groups in total. The average Bonchev–Trinajstić information content (AvgIpc) is 2.92. The molecular weight excluding hydrogens is 360 g/mol. The van der Waals surface area contributed by atoms with Gasteiger partial charge in [0.1, 0.15) is 12.6 Å². The van der Waals surface area contributed by atoms with Crippen LogP contribution in [0.4, 0.5) is 5.69 Å². The molecule has 8 nitrogen and oxygen atoms in total. The van der Waals surface area contributed by atoms with E-state index in [0.29, 0.717) is 18.6 Å². The number of carbonyl (C=O) groups is 2. The maximum absolute atomic E-state index is 12.6. The van der Waals surface area contributed by atoms with Gasteiger partial charge in [0.2, 0.25) is 5.91 Å². The SMILES string of the molecule is COCCS[C@H]1CC2CC(=O)N2[C@H]1C(=O)OCc1ccc([N+](=O)[O-])cc1. The molecule has 0 bridgehead atoms. The molecular formula is C17H20N2O6S. The minimum absolute atomic E-state index is 0.00552. The van der Waals surface area contributed by atoms with E-state index in [2.05, 4.69) is 0 Å². The minimum Gasteiger partial charge on any atom is -0.459 e. The van der Waals surface area contributed by atoms with Gasteiger partial charge in [-0.15, -0.1) is 0 Å². The Kier molecular flexibility index (Phi) is 5.77. The first-order chi connectivity index (χ1) is 12.5. The highest BCUT2D eigenvalue weighted by Crippen LogP contribution is 2.41. The molecule has 0 radical (unpaired) electrons. The third-order valence-corrected chi connectivity index (χ3v) is 5.92. The molecule has 3 atom stereocenters. The van der Waals surface area contributed by atoms with Gasteiger partial charge in [-0.2, -0.15) is 11.8 Å². The van der Waals surface area contributed by atoms with Crippen molar-refractivity contribution in [1.82, 2.24) is 4.90 Å². The smallest absolute Gasteiger partial charge is 0.330 e.